The van der Waals surface area contributed by atoms with Crippen LogP contribution in [-0.2, 0) is 0 Å². The molecule has 0 aliphatic heterocycles. The van der Waals surface area contributed by atoms with Crippen molar-refractivity contribution in [1.29, 1.82) is 0 Å². The summed E-state index contributed by atoms with van der Waals surface area (Å²) in [6.45, 7) is 8.83. The second-order valence-electron chi connectivity index (χ2n) is 4.32. The van der Waals surface area contributed by atoms with Crippen molar-refractivity contribution in [3.63, 3.8) is 0 Å². The van der Waals surface area contributed by atoms with E-state index in [2.05, 4.69) is 27.2 Å². The molecule has 3 saturated carbocycles. The molecular formula is C10H15. The molecule has 0 heterocycles. The molecule has 0 spiro atoms. The summed E-state index contributed by atoms with van der Waals surface area (Å²) in [7, 11) is 0. The van der Waals surface area contributed by atoms with Gasteiger partial charge >= 0.3 is 0 Å². The second kappa shape index (κ2) is 1.78. The van der Waals surface area contributed by atoms with Gasteiger partial charge in [-0.3, -0.25) is 0 Å². The van der Waals surface area contributed by atoms with Gasteiger partial charge in [-0.1, -0.05) is 13.8 Å². The van der Waals surface area contributed by atoms with E-state index in [1.54, 1.807) is 0 Å². The Hall–Kier alpha value is 0. The Bertz CT molecular complexity index is 144. The van der Waals surface area contributed by atoms with Crippen LogP contribution < -0.4 is 0 Å². The van der Waals surface area contributed by atoms with E-state index >= 15 is 0 Å². The van der Waals surface area contributed by atoms with Gasteiger partial charge < -0.3 is 0 Å². The molecule has 0 saturated heterocycles. The van der Waals surface area contributed by atoms with Crippen LogP contribution in [0.4, 0.5) is 0 Å². The zero-order valence-corrected chi connectivity index (χ0v) is 6.85. The van der Waals surface area contributed by atoms with Crippen molar-refractivity contribution in [3.8, 4) is 0 Å². The third-order valence-corrected chi connectivity index (χ3v) is 3.58. The summed E-state index contributed by atoms with van der Waals surface area (Å²) in [5.74, 6) is 3.17. The fourth-order valence-electron chi connectivity index (χ4n) is 2.48. The monoisotopic (exact) mass is 135 g/mol. The smallest absolute Gasteiger partial charge is 0.0170 e. The fraction of sp³-hybridized carbons (Fsp3) is 0.700. The molecule has 0 heteroatoms. The highest BCUT2D eigenvalue weighted by atomic mass is 14.6. The summed E-state index contributed by atoms with van der Waals surface area (Å²) in [5, 5.41) is 0. The minimum Gasteiger partial charge on any atom is -0.0594 e. The molecule has 3 aliphatic rings. The van der Waals surface area contributed by atoms with Crippen molar-refractivity contribution in [3.05, 3.63) is 19.3 Å². The van der Waals surface area contributed by atoms with Gasteiger partial charge in [0, 0.05) is 0 Å². The van der Waals surface area contributed by atoms with Crippen molar-refractivity contribution in [1.82, 2.24) is 0 Å². The van der Waals surface area contributed by atoms with E-state index < -0.39 is 0 Å². The average Bonchev–Trinajstić information content (AvgIpc) is 1.87. The molecule has 0 nitrogen and oxygen atoms in total. The van der Waals surface area contributed by atoms with E-state index in [0.717, 1.165) is 11.8 Å². The minimum atomic E-state index is 0.575. The quantitative estimate of drug-likeness (QED) is 0.479. The van der Waals surface area contributed by atoms with Crippen molar-refractivity contribution in [2.45, 2.75) is 26.7 Å². The van der Waals surface area contributed by atoms with Crippen LogP contribution in [0.5, 0.6) is 0 Å². The lowest BCUT2D eigenvalue weighted by molar-refractivity contribution is -0.0259. The first-order valence-electron chi connectivity index (χ1n) is 4.14. The largest absolute Gasteiger partial charge is 0.0594 e. The molecule has 0 N–H and O–H groups in total. The number of hydrogen-bond donors (Lipinski definition) is 0. The SMILES string of the molecule is [CH2][C]1[CH]C[C@H]2C[C@@H]1C2(C)C. The Balaban J connectivity index is 2.16. The number of rotatable bonds is 0. The number of hydrogen-bond acceptors (Lipinski definition) is 0. The summed E-state index contributed by atoms with van der Waals surface area (Å²) in [4.78, 5) is 0. The Labute approximate surface area is 64.0 Å². The van der Waals surface area contributed by atoms with Crippen molar-refractivity contribution in [2.75, 3.05) is 0 Å². The first-order valence-corrected chi connectivity index (χ1v) is 4.14. The second-order valence-corrected chi connectivity index (χ2v) is 4.32. The molecule has 3 fully saturated rings. The lowest BCUT2D eigenvalue weighted by Crippen LogP contribution is -2.51. The van der Waals surface area contributed by atoms with Gasteiger partial charge in [-0.05, 0) is 49.4 Å². The van der Waals surface area contributed by atoms with Gasteiger partial charge in [0.05, 0.1) is 0 Å². The zero-order valence-electron chi connectivity index (χ0n) is 6.85. The molecule has 2 bridgehead atoms. The summed E-state index contributed by atoms with van der Waals surface area (Å²) in [6, 6.07) is 0. The fourth-order valence-corrected chi connectivity index (χ4v) is 2.48. The van der Waals surface area contributed by atoms with Crippen LogP contribution >= 0.6 is 0 Å². The average molecular weight is 135 g/mol. The van der Waals surface area contributed by atoms with Crippen LogP contribution in [0.2, 0.25) is 0 Å². The Morgan fingerprint density at radius 3 is 2.60 bits per heavy atom. The maximum atomic E-state index is 4.07. The first-order chi connectivity index (χ1) is 4.62. The summed E-state index contributed by atoms with van der Waals surface area (Å²) in [5.41, 5.74) is 0.575. The topological polar surface area (TPSA) is 0 Å². The third kappa shape index (κ3) is 0.627. The molecule has 3 radical (unpaired) electrons. The van der Waals surface area contributed by atoms with Crippen LogP contribution in [0.1, 0.15) is 26.7 Å². The zero-order chi connectivity index (χ0) is 7.35. The lowest BCUT2D eigenvalue weighted by Gasteiger charge is -2.59. The lowest BCUT2D eigenvalue weighted by atomic mass is 9.46. The molecule has 3 aliphatic carbocycles. The molecule has 0 unspecified atom stereocenters. The van der Waals surface area contributed by atoms with Crippen LogP contribution in [0.25, 0.3) is 0 Å². The van der Waals surface area contributed by atoms with Gasteiger partial charge in [-0.25, -0.2) is 0 Å². The van der Waals surface area contributed by atoms with E-state index in [4.69, 9.17) is 0 Å². The van der Waals surface area contributed by atoms with Gasteiger partial charge in [0.1, 0.15) is 0 Å². The van der Waals surface area contributed by atoms with Crippen LogP contribution in [0, 0.1) is 36.5 Å². The van der Waals surface area contributed by atoms with E-state index in [-0.39, 0.29) is 0 Å². The van der Waals surface area contributed by atoms with Gasteiger partial charge in [0.15, 0.2) is 0 Å². The Morgan fingerprint density at radius 2 is 2.30 bits per heavy atom. The van der Waals surface area contributed by atoms with Gasteiger partial charge in [0.2, 0.25) is 0 Å². The molecule has 2 atom stereocenters. The molecule has 0 aromatic heterocycles. The molecular weight excluding hydrogens is 120 g/mol. The van der Waals surface area contributed by atoms with E-state index in [1.165, 1.54) is 18.8 Å². The minimum absolute atomic E-state index is 0.575. The molecule has 3 rings (SSSR count). The number of fused-ring (bicyclic) bond motifs is 2. The summed E-state index contributed by atoms with van der Waals surface area (Å²) < 4.78 is 0. The van der Waals surface area contributed by atoms with Gasteiger partial charge in [-0.15, -0.1) is 0 Å². The maximum Gasteiger partial charge on any atom is -0.0170 e. The molecule has 55 valence electrons. The highest BCUT2D eigenvalue weighted by Crippen LogP contribution is 2.61. The Morgan fingerprint density at radius 1 is 1.60 bits per heavy atom. The maximum absolute atomic E-state index is 4.07. The predicted molar refractivity (Wildman–Crippen MR) is 42.9 cm³/mol. The molecule has 0 aromatic rings. The third-order valence-electron chi connectivity index (χ3n) is 3.58. The standard InChI is InChI=1S/C10H15/c1-7-4-5-8-6-9(7)10(8,2)3/h4,8-9H,1,5-6H2,2-3H3/t8-,9-/m0/s1. The summed E-state index contributed by atoms with van der Waals surface area (Å²) >= 11 is 0. The van der Waals surface area contributed by atoms with Crippen LogP contribution in [0.3, 0.4) is 0 Å². The highest BCUT2D eigenvalue weighted by molar-refractivity contribution is 5.25. The van der Waals surface area contributed by atoms with Crippen LogP contribution in [0.15, 0.2) is 0 Å². The molecule has 10 heavy (non-hydrogen) atoms. The summed E-state index contributed by atoms with van der Waals surface area (Å²) in [6.07, 6.45) is 5.01. The van der Waals surface area contributed by atoms with Crippen LogP contribution in [-0.4, -0.2) is 0 Å². The van der Waals surface area contributed by atoms with Crippen molar-refractivity contribution < 1.29 is 0 Å². The van der Waals surface area contributed by atoms with E-state index in [1.807, 2.05) is 0 Å². The van der Waals surface area contributed by atoms with E-state index in [0.29, 0.717) is 5.41 Å². The first kappa shape index (κ1) is 6.69. The highest BCUT2D eigenvalue weighted by Gasteiger charge is 2.53. The van der Waals surface area contributed by atoms with Crippen molar-refractivity contribution >= 4 is 0 Å². The van der Waals surface area contributed by atoms with Crippen molar-refractivity contribution in [2.24, 2.45) is 17.3 Å². The molecule has 0 aromatic carbocycles. The van der Waals surface area contributed by atoms with Gasteiger partial charge in [0.25, 0.3) is 0 Å². The Kier molecular flexibility index (Phi) is 1.19. The predicted octanol–water partition coefficient (Wildman–Crippen LogP) is 2.67. The van der Waals surface area contributed by atoms with Gasteiger partial charge in [-0.2, -0.15) is 0 Å². The molecule has 0 amide bonds. The van der Waals surface area contributed by atoms with E-state index in [9.17, 15) is 0 Å². The normalized spacial score (nSPS) is 44.7.